The van der Waals surface area contributed by atoms with Gasteiger partial charge in [0.15, 0.2) is 0 Å². The van der Waals surface area contributed by atoms with Gasteiger partial charge in [-0.25, -0.2) is 9.59 Å². The van der Waals surface area contributed by atoms with Crippen LogP contribution in [0.4, 0.5) is 9.59 Å². The van der Waals surface area contributed by atoms with Crippen molar-refractivity contribution >= 4 is 34.2 Å². The van der Waals surface area contributed by atoms with Crippen molar-refractivity contribution in [2.75, 3.05) is 150 Å². The van der Waals surface area contributed by atoms with Gasteiger partial charge < -0.3 is 38.5 Å². The lowest BCUT2D eigenvalue weighted by Gasteiger charge is -2.38. The van der Waals surface area contributed by atoms with Gasteiger partial charge in [-0.3, -0.25) is 33.4 Å². The number of hydrogen-bond acceptors (Lipinski definition) is 17. The predicted molar refractivity (Wildman–Crippen MR) is 269 cm³/mol. The van der Waals surface area contributed by atoms with Crippen LogP contribution >= 0.6 is 0 Å². The highest BCUT2D eigenvalue weighted by Crippen LogP contribution is 2.19. The number of piperazine rings is 3. The highest BCUT2D eigenvalue weighted by atomic mass is 32.2. The van der Waals surface area contributed by atoms with Crippen LogP contribution < -0.4 is 0 Å². The third-order valence-electron chi connectivity index (χ3n) is 13.6. The first-order chi connectivity index (χ1) is 34.3. The van der Waals surface area contributed by atoms with Gasteiger partial charge in [-0.15, -0.1) is 0 Å². The molecule has 2 amide bonds. The fourth-order valence-corrected chi connectivity index (χ4v) is 10.1. The number of unbranched alkanes of at least 4 members (excludes halogenated alkanes) is 2. The van der Waals surface area contributed by atoms with E-state index >= 15 is 0 Å². The molecule has 5 aliphatic rings. The number of hydrogen-bond donors (Lipinski definition) is 0. The molecule has 0 aliphatic carbocycles. The minimum absolute atomic E-state index is 0.00760. The highest BCUT2D eigenvalue weighted by molar-refractivity contribution is 7.85. The van der Waals surface area contributed by atoms with Crippen LogP contribution in [0.1, 0.15) is 57.1 Å². The summed E-state index contributed by atoms with van der Waals surface area (Å²) in [6, 6.07) is 20.6. The van der Waals surface area contributed by atoms with Crippen LogP contribution in [0.5, 0.6) is 0 Å². The Morgan fingerprint density at radius 2 is 1.03 bits per heavy atom. The normalized spacial score (nSPS) is 21.6. The molecule has 0 radical (unpaired) electrons. The second-order valence-corrected chi connectivity index (χ2v) is 20.8. The quantitative estimate of drug-likeness (QED) is 0.0613. The fourth-order valence-electron chi connectivity index (χ4n) is 9.72. The average molecular weight is 1010 g/mol. The van der Waals surface area contributed by atoms with Crippen molar-refractivity contribution in [2.24, 2.45) is 0 Å². The predicted octanol–water partition coefficient (Wildman–Crippen LogP) is 3.29. The van der Waals surface area contributed by atoms with E-state index in [4.69, 9.17) is 23.1 Å². The Hall–Kier alpha value is -4.41. The SMILES string of the molecule is CCOC(=O)CC(C(=O)OCC)N1CCN(CC2CN(CCCCN3CCN(Cc4ccccc4)CC3)C(=O)O2)CC1.CS(=O)(=O)OCC1CN(CCCCN2CCN(Cc3ccccc3)CC2)C(=O)O1. The molecule has 5 aliphatic heterocycles. The van der Waals surface area contributed by atoms with E-state index in [-0.39, 0.29) is 50.5 Å². The van der Waals surface area contributed by atoms with E-state index in [9.17, 15) is 27.6 Å². The van der Waals surface area contributed by atoms with Gasteiger partial charge in [-0.05, 0) is 63.7 Å². The molecule has 0 aromatic heterocycles. The van der Waals surface area contributed by atoms with Gasteiger partial charge in [0.2, 0.25) is 0 Å². The van der Waals surface area contributed by atoms with Crippen molar-refractivity contribution in [3.63, 3.8) is 0 Å². The number of esters is 2. The first-order valence-corrected chi connectivity index (χ1v) is 27.7. The lowest BCUT2D eigenvalue weighted by atomic mass is 10.1. The molecule has 5 saturated heterocycles. The lowest BCUT2D eigenvalue weighted by Crippen LogP contribution is -2.54. The Labute approximate surface area is 422 Å². The molecule has 0 N–H and O–H groups in total. The van der Waals surface area contributed by atoms with Gasteiger partial charge in [0.25, 0.3) is 10.1 Å². The van der Waals surface area contributed by atoms with Crippen LogP contribution in [0.25, 0.3) is 0 Å². The standard InChI is InChI=1S/C31H49N5O6.C20H31N3O5S/c1-3-40-29(37)22-28(30(38)41-4-2)35-20-18-34(19-21-35)24-27-25-36(31(39)42-27)13-9-8-12-32-14-16-33(17-15-32)23-26-10-6-5-7-11-26;1-29(25,26)27-17-19-16-23(20(24)28-19)10-6-5-9-21-11-13-22(14-12-21)15-18-7-3-2-4-8-18/h5-7,10-11,27-28H,3-4,8-9,12-25H2,1-2H3;2-4,7-8,19H,5-6,9-17H2,1H3. The molecule has 3 unspecified atom stereocenters. The zero-order valence-electron chi connectivity index (χ0n) is 42.5. The zero-order valence-corrected chi connectivity index (χ0v) is 43.3. The third kappa shape index (κ3) is 19.9. The molecule has 19 nitrogen and oxygen atoms in total. The van der Waals surface area contributed by atoms with Gasteiger partial charge in [-0.2, -0.15) is 8.42 Å². The molecule has 0 saturated carbocycles. The van der Waals surface area contributed by atoms with Gasteiger partial charge >= 0.3 is 24.1 Å². The van der Waals surface area contributed by atoms with Crippen molar-refractivity contribution in [3.05, 3.63) is 71.8 Å². The minimum atomic E-state index is -3.52. The van der Waals surface area contributed by atoms with Crippen molar-refractivity contribution < 1.29 is 50.7 Å². The summed E-state index contributed by atoms with van der Waals surface area (Å²) in [5, 5.41) is 0. The molecular formula is C51H80N8O11S. The number of cyclic esters (lactones) is 2. The van der Waals surface area contributed by atoms with Crippen LogP contribution in [0.15, 0.2) is 60.7 Å². The summed E-state index contributed by atoms with van der Waals surface area (Å²) in [6.45, 7) is 22.5. The number of rotatable bonds is 25. The van der Waals surface area contributed by atoms with E-state index in [0.29, 0.717) is 39.3 Å². The molecule has 2 aromatic rings. The topological polar surface area (TPSA) is 174 Å². The number of benzene rings is 2. The Bertz CT molecular complexity index is 2020. The monoisotopic (exact) mass is 1010 g/mol. The number of carbonyl (C=O) groups is 4. The van der Waals surface area contributed by atoms with Crippen molar-refractivity contribution in [1.82, 2.24) is 39.2 Å². The van der Waals surface area contributed by atoms with Crippen LogP contribution in [0, 0.1) is 0 Å². The van der Waals surface area contributed by atoms with E-state index in [1.807, 2.05) is 15.9 Å². The van der Waals surface area contributed by atoms with E-state index in [0.717, 1.165) is 130 Å². The van der Waals surface area contributed by atoms with E-state index in [1.54, 1.807) is 18.7 Å². The van der Waals surface area contributed by atoms with Gasteiger partial charge in [-0.1, -0.05) is 60.7 Å². The minimum Gasteiger partial charge on any atom is -0.466 e. The van der Waals surface area contributed by atoms with E-state index < -0.39 is 28.2 Å². The Morgan fingerprint density at radius 1 is 0.592 bits per heavy atom. The second kappa shape index (κ2) is 29.3. The number of amides is 2. The first-order valence-electron chi connectivity index (χ1n) is 25.9. The molecule has 7 rings (SSSR count). The first kappa shape index (κ1) is 55.9. The molecule has 5 heterocycles. The van der Waals surface area contributed by atoms with Crippen molar-refractivity contribution in [2.45, 2.75) is 77.3 Å². The molecule has 71 heavy (non-hydrogen) atoms. The molecule has 5 fully saturated rings. The molecular weight excluding hydrogens is 933 g/mol. The summed E-state index contributed by atoms with van der Waals surface area (Å²) in [5.74, 6) is -0.776. The highest BCUT2D eigenvalue weighted by Gasteiger charge is 2.36. The van der Waals surface area contributed by atoms with Crippen LogP contribution in [-0.4, -0.2) is 240 Å². The maximum atomic E-state index is 12.5. The smallest absolute Gasteiger partial charge is 0.410 e. The van der Waals surface area contributed by atoms with Gasteiger partial charge in [0.1, 0.15) is 24.9 Å². The summed E-state index contributed by atoms with van der Waals surface area (Å²) >= 11 is 0. The van der Waals surface area contributed by atoms with E-state index in [1.165, 1.54) is 11.1 Å². The Morgan fingerprint density at radius 3 is 1.51 bits per heavy atom. The van der Waals surface area contributed by atoms with E-state index in [2.05, 4.69) is 79.1 Å². The molecule has 2 aromatic carbocycles. The summed E-state index contributed by atoms with van der Waals surface area (Å²) in [7, 11) is -3.52. The number of ether oxygens (including phenoxy) is 4. The molecule has 0 bridgehead atoms. The fraction of sp³-hybridized carbons (Fsp3) is 0.686. The van der Waals surface area contributed by atoms with Crippen LogP contribution in [0.2, 0.25) is 0 Å². The van der Waals surface area contributed by atoms with Crippen molar-refractivity contribution in [3.8, 4) is 0 Å². The molecule has 20 heteroatoms. The molecule has 0 spiro atoms. The summed E-state index contributed by atoms with van der Waals surface area (Å²) in [4.78, 5) is 66.8. The van der Waals surface area contributed by atoms with Crippen LogP contribution in [0.3, 0.4) is 0 Å². The van der Waals surface area contributed by atoms with Crippen molar-refractivity contribution in [1.29, 1.82) is 0 Å². The third-order valence-corrected chi connectivity index (χ3v) is 14.2. The maximum Gasteiger partial charge on any atom is 0.410 e. The zero-order chi connectivity index (χ0) is 50.4. The molecule has 396 valence electrons. The summed E-state index contributed by atoms with van der Waals surface area (Å²) < 4.78 is 47.9. The average Bonchev–Trinajstić information content (AvgIpc) is 3.91. The largest absolute Gasteiger partial charge is 0.466 e. The van der Waals surface area contributed by atoms with Gasteiger partial charge in [0.05, 0.1) is 39.0 Å². The molecule has 3 atom stereocenters. The van der Waals surface area contributed by atoms with Gasteiger partial charge in [0, 0.05) is 111 Å². The second-order valence-electron chi connectivity index (χ2n) is 19.1. The summed E-state index contributed by atoms with van der Waals surface area (Å²) in [6.07, 6.45) is 3.67. The number of carbonyl (C=O) groups excluding carboxylic acids is 4. The Kier molecular flexibility index (Phi) is 23.1. The lowest BCUT2D eigenvalue weighted by molar-refractivity contribution is -0.157. The Balaban J connectivity index is 0.000000249. The number of nitrogens with zero attached hydrogens (tertiary/aromatic N) is 8. The maximum absolute atomic E-state index is 12.5. The van der Waals surface area contributed by atoms with Crippen LogP contribution in [-0.2, 0) is 55.9 Å². The summed E-state index contributed by atoms with van der Waals surface area (Å²) in [5.41, 5.74) is 2.73.